The first-order chi connectivity index (χ1) is 10.0. The minimum Gasteiger partial charge on any atom is -0.312 e. The van der Waals surface area contributed by atoms with Crippen molar-refractivity contribution in [2.24, 2.45) is 11.8 Å². The molecule has 0 radical (unpaired) electrons. The zero-order valence-electron chi connectivity index (χ0n) is 15.0. The first-order valence-corrected chi connectivity index (χ1v) is 9.43. The summed E-state index contributed by atoms with van der Waals surface area (Å²) < 4.78 is 0. The second-order valence-electron chi connectivity index (χ2n) is 8.42. The average Bonchev–Trinajstić information content (AvgIpc) is 2.46. The molecule has 2 aliphatic rings. The molecule has 2 nitrogen and oxygen atoms in total. The van der Waals surface area contributed by atoms with Crippen LogP contribution in [0, 0.1) is 11.8 Å². The summed E-state index contributed by atoms with van der Waals surface area (Å²) in [5, 5.41) is 3.98. The van der Waals surface area contributed by atoms with Gasteiger partial charge in [0.05, 0.1) is 0 Å². The maximum atomic E-state index is 3.98. The molecule has 124 valence electrons. The smallest absolute Gasteiger partial charge is 0.0327 e. The maximum absolute atomic E-state index is 3.98. The van der Waals surface area contributed by atoms with Crippen molar-refractivity contribution in [1.82, 2.24) is 10.2 Å². The van der Waals surface area contributed by atoms with E-state index in [1.807, 2.05) is 0 Å². The Morgan fingerprint density at radius 1 is 1.05 bits per heavy atom. The van der Waals surface area contributed by atoms with Crippen molar-refractivity contribution in [2.45, 2.75) is 89.6 Å². The van der Waals surface area contributed by atoms with Crippen LogP contribution in [0.1, 0.15) is 78.1 Å². The number of hydrogen-bond acceptors (Lipinski definition) is 2. The molecule has 0 heterocycles. The molecule has 2 atom stereocenters. The monoisotopic (exact) mass is 294 g/mol. The highest BCUT2D eigenvalue weighted by atomic mass is 15.2. The van der Waals surface area contributed by atoms with Gasteiger partial charge in [0.25, 0.3) is 0 Å². The van der Waals surface area contributed by atoms with E-state index in [0.29, 0.717) is 5.54 Å². The highest BCUT2D eigenvalue weighted by Crippen LogP contribution is 2.33. The lowest BCUT2D eigenvalue weighted by Crippen LogP contribution is -2.54. The largest absolute Gasteiger partial charge is 0.312 e. The zero-order chi connectivity index (χ0) is 15.3. The number of rotatable bonds is 6. The summed E-state index contributed by atoms with van der Waals surface area (Å²) in [6, 6.07) is 0.779. The molecule has 0 saturated heterocycles. The highest BCUT2D eigenvalue weighted by molar-refractivity contribution is 4.94. The normalized spacial score (nSPS) is 30.0. The van der Waals surface area contributed by atoms with Gasteiger partial charge >= 0.3 is 0 Å². The van der Waals surface area contributed by atoms with Crippen LogP contribution in [-0.2, 0) is 0 Å². The lowest BCUT2D eigenvalue weighted by Gasteiger charge is -2.44. The van der Waals surface area contributed by atoms with Crippen LogP contribution in [0.2, 0.25) is 0 Å². The Kier molecular flexibility index (Phi) is 6.55. The van der Waals surface area contributed by atoms with Gasteiger partial charge in [0, 0.05) is 18.1 Å². The lowest BCUT2D eigenvalue weighted by molar-refractivity contribution is 0.0906. The summed E-state index contributed by atoms with van der Waals surface area (Å²) in [6.45, 7) is 5.96. The standard InChI is InChI=1S/C19H38N2/c1-16(2)13-17-9-8-10-18(14-17)20-15-19(21(3)4)11-6-5-7-12-19/h16-18,20H,5-15H2,1-4H3. The molecule has 0 spiro atoms. The van der Waals surface area contributed by atoms with Crippen LogP contribution in [0.5, 0.6) is 0 Å². The molecule has 0 aromatic heterocycles. The fourth-order valence-electron chi connectivity index (χ4n) is 4.68. The van der Waals surface area contributed by atoms with Gasteiger partial charge in [-0.2, -0.15) is 0 Å². The Morgan fingerprint density at radius 2 is 1.76 bits per heavy atom. The minimum absolute atomic E-state index is 0.434. The second-order valence-corrected chi connectivity index (χ2v) is 8.42. The van der Waals surface area contributed by atoms with E-state index < -0.39 is 0 Å². The van der Waals surface area contributed by atoms with E-state index in [1.165, 1.54) is 70.8 Å². The van der Waals surface area contributed by atoms with Crippen molar-refractivity contribution in [2.75, 3.05) is 20.6 Å². The molecular weight excluding hydrogens is 256 g/mol. The number of likely N-dealkylation sites (N-methyl/N-ethyl adjacent to an activating group) is 1. The lowest BCUT2D eigenvalue weighted by atomic mass is 9.78. The molecule has 2 aliphatic carbocycles. The molecule has 1 N–H and O–H groups in total. The van der Waals surface area contributed by atoms with Crippen LogP contribution >= 0.6 is 0 Å². The van der Waals surface area contributed by atoms with Crippen LogP contribution < -0.4 is 5.32 Å². The molecule has 2 fully saturated rings. The molecule has 2 heteroatoms. The summed E-state index contributed by atoms with van der Waals surface area (Å²) in [5.74, 6) is 1.83. The fraction of sp³-hybridized carbons (Fsp3) is 1.00. The van der Waals surface area contributed by atoms with Gasteiger partial charge in [-0.15, -0.1) is 0 Å². The second kappa shape index (κ2) is 7.97. The predicted molar refractivity (Wildman–Crippen MR) is 92.7 cm³/mol. The third kappa shape index (κ3) is 4.96. The van der Waals surface area contributed by atoms with Gasteiger partial charge in [-0.25, -0.2) is 0 Å². The van der Waals surface area contributed by atoms with Crippen molar-refractivity contribution in [1.29, 1.82) is 0 Å². The van der Waals surface area contributed by atoms with E-state index in [4.69, 9.17) is 0 Å². The van der Waals surface area contributed by atoms with E-state index in [9.17, 15) is 0 Å². The van der Waals surface area contributed by atoms with Crippen LogP contribution in [-0.4, -0.2) is 37.1 Å². The Labute approximate surface area is 133 Å². The van der Waals surface area contributed by atoms with E-state index in [2.05, 4.69) is 38.2 Å². The van der Waals surface area contributed by atoms with Gasteiger partial charge in [-0.1, -0.05) is 46.0 Å². The first-order valence-electron chi connectivity index (χ1n) is 9.43. The van der Waals surface area contributed by atoms with Gasteiger partial charge in [0.15, 0.2) is 0 Å². The van der Waals surface area contributed by atoms with Gasteiger partial charge in [0.2, 0.25) is 0 Å². The van der Waals surface area contributed by atoms with Gasteiger partial charge in [-0.3, -0.25) is 0 Å². The summed E-state index contributed by atoms with van der Waals surface area (Å²) in [6.07, 6.45) is 14.2. The van der Waals surface area contributed by atoms with Gasteiger partial charge < -0.3 is 10.2 Å². The number of nitrogens with zero attached hydrogens (tertiary/aromatic N) is 1. The van der Waals surface area contributed by atoms with Crippen molar-refractivity contribution in [3.63, 3.8) is 0 Å². The summed E-state index contributed by atoms with van der Waals surface area (Å²) >= 11 is 0. The molecule has 0 aromatic carbocycles. The Balaban J connectivity index is 1.83. The van der Waals surface area contributed by atoms with Crippen molar-refractivity contribution < 1.29 is 0 Å². The minimum atomic E-state index is 0.434. The van der Waals surface area contributed by atoms with E-state index >= 15 is 0 Å². The van der Waals surface area contributed by atoms with Crippen molar-refractivity contribution >= 4 is 0 Å². The molecule has 0 bridgehead atoms. The van der Waals surface area contributed by atoms with Gasteiger partial charge in [-0.05, 0) is 58.0 Å². The van der Waals surface area contributed by atoms with Crippen LogP contribution in [0.25, 0.3) is 0 Å². The molecule has 2 unspecified atom stereocenters. The Morgan fingerprint density at radius 3 is 2.38 bits per heavy atom. The summed E-state index contributed by atoms with van der Waals surface area (Å²) in [5.41, 5.74) is 0.434. The van der Waals surface area contributed by atoms with Crippen molar-refractivity contribution in [3.8, 4) is 0 Å². The molecule has 2 saturated carbocycles. The van der Waals surface area contributed by atoms with E-state index in [1.54, 1.807) is 0 Å². The topological polar surface area (TPSA) is 15.3 Å². The molecule has 0 amide bonds. The fourth-order valence-corrected chi connectivity index (χ4v) is 4.68. The van der Waals surface area contributed by atoms with Crippen LogP contribution in [0.4, 0.5) is 0 Å². The molecule has 2 rings (SSSR count). The highest BCUT2D eigenvalue weighted by Gasteiger charge is 2.35. The average molecular weight is 295 g/mol. The van der Waals surface area contributed by atoms with E-state index in [0.717, 1.165) is 17.9 Å². The van der Waals surface area contributed by atoms with E-state index in [-0.39, 0.29) is 0 Å². The first kappa shape index (κ1) is 17.3. The predicted octanol–water partition coefficient (Wildman–Crippen LogP) is 4.45. The van der Waals surface area contributed by atoms with Crippen LogP contribution in [0.15, 0.2) is 0 Å². The quantitative estimate of drug-likeness (QED) is 0.779. The van der Waals surface area contributed by atoms with Crippen molar-refractivity contribution in [3.05, 3.63) is 0 Å². The zero-order valence-corrected chi connectivity index (χ0v) is 15.0. The Bertz CT molecular complexity index is 292. The molecule has 21 heavy (non-hydrogen) atoms. The van der Waals surface area contributed by atoms with Gasteiger partial charge in [0.1, 0.15) is 0 Å². The third-order valence-electron chi connectivity index (χ3n) is 6.04. The van der Waals surface area contributed by atoms with Crippen LogP contribution in [0.3, 0.4) is 0 Å². The molecule has 0 aliphatic heterocycles. The number of hydrogen-bond donors (Lipinski definition) is 1. The third-order valence-corrected chi connectivity index (χ3v) is 6.04. The maximum Gasteiger partial charge on any atom is 0.0327 e. The number of nitrogens with one attached hydrogen (secondary N) is 1. The summed E-state index contributed by atoms with van der Waals surface area (Å²) in [7, 11) is 4.57. The SMILES string of the molecule is CC(C)CC1CCCC(NCC2(N(C)C)CCCCC2)C1. The molecule has 0 aromatic rings. The summed E-state index contributed by atoms with van der Waals surface area (Å²) in [4.78, 5) is 2.51. The molecular formula is C19H38N2. The Hall–Kier alpha value is -0.0800.